The maximum Gasteiger partial charge on any atom is 0.255 e. The summed E-state index contributed by atoms with van der Waals surface area (Å²) in [7, 11) is 6.28. The second kappa shape index (κ2) is 11.8. The molecule has 0 saturated heterocycles. The Kier molecular flexibility index (Phi) is 8.84. The van der Waals surface area contributed by atoms with E-state index >= 15 is 0 Å². The van der Waals surface area contributed by atoms with Gasteiger partial charge in [0, 0.05) is 30.9 Å². The molecular formula is C27H31ClN2O5. The van der Waals surface area contributed by atoms with E-state index in [-0.39, 0.29) is 18.3 Å². The van der Waals surface area contributed by atoms with Crippen LogP contribution in [0.2, 0.25) is 0 Å². The van der Waals surface area contributed by atoms with Gasteiger partial charge in [0.15, 0.2) is 11.5 Å². The third kappa shape index (κ3) is 5.81. The van der Waals surface area contributed by atoms with Crippen LogP contribution in [0.1, 0.15) is 27.0 Å². The highest BCUT2D eigenvalue weighted by Crippen LogP contribution is 2.38. The van der Waals surface area contributed by atoms with Crippen molar-refractivity contribution in [2.24, 2.45) is 0 Å². The first-order valence-electron chi connectivity index (χ1n) is 11.1. The SMILES string of the molecule is COc1ccc(CN2CCc3c(cccc3NC(=O)c3cc(OC)c(OC)c(OC)c3)C2)cc1.Cl. The molecule has 0 saturated carbocycles. The molecule has 35 heavy (non-hydrogen) atoms. The van der Waals surface area contributed by atoms with Gasteiger partial charge in [-0.2, -0.15) is 0 Å². The van der Waals surface area contributed by atoms with Gasteiger partial charge in [0.25, 0.3) is 5.91 Å². The van der Waals surface area contributed by atoms with Crippen LogP contribution in [0.15, 0.2) is 54.6 Å². The molecule has 0 bridgehead atoms. The molecule has 0 spiro atoms. The molecule has 1 aliphatic rings. The average Bonchev–Trinajstić information content (AvgIpc) is 2.88. The molecule has 0 fully saturated rings. The van der Waals surface area contributed by atoms with E-state index in [0.29, 0.717) is 22.8 Å². The molecule has 0 unspecified atom stereocenters. The number of carbonyl (C=O) groups excluding carboxylic acids is 1. The van der Waals surface area contributed by atoms with Gasteiger partial charge in [0.1, 0.15) is 5.75 Å². The van der Waals surface area contributed by atoms with Gasteiger partial charge >= 0.3 is 0 Å². The van der Waals surface area contributed by atoms with Gasteiger partial charge in [-0.25, -0.2) is 0 Å². The minimum absolute atomic E-state index is 0. The second-order valence-electron chi connectivity index (χ2n) is 8.12. The van der Waals surface area contributed by atoms with E-state index in [0.717, 1.165) is 37.5 Å². The number of nitrogens with one attached hydrogen (secondary N) is 1. The molecule has 8 heteroatoms. The molecule has 0 aromatic heterocycles. The van der Waals surface area contributed by atoms with Gasteiger partial charge in [0.2, 0.25) is 5.75 Å². The molecular weight excluding hydrogens is 468 g/mol. The predicted molar refractivity (Wildman–Crippen MR) is 139 cm³/mol. The Labute approximate surface area is 212 Å². The highest BCUT2D eigenvalue weighted by Gasteiger charge is 2.21. The minimum atomic E-state index is -0.228. The number of hydrogen-bond donors (Lipinski definition) is 1. The number of nitrogens with zero attached hydrogens (tertiary/aromatic N) is 1. The van der Waals surface area contributed by atoms with E-state index in [1.54, 1.807) is 19.2 Å². The summed E-state index contributed by atoms with van der Waals surface area (Å²) in [6.45, 7) is 2.61. The summed E-state index contributed by atoms with van der Waals surface area (Å²) in [6.07, 6.45) is 0.858. The predicted octanol–water partition coefficient (Wildman–Crippen LogP) is 4.95. The third-order valence-electron chi connectivity index (χ3n) is 6.09. The van der Waals surface area contributed by atoms with Crippen LogP contribution < -0.4 is 24.3 Å². The number of ether oxygens (including phenoxy) is 4. The fourth-order valence-electron chi connectivity index (χ4n) is 4.32. The summed E-state index contributed by atoms with van der Waals surface area (Å²) in [6, 6.07) is 17.6. The van der Waals surface area contributed by atoms with Gasteiger partial charge in [-0.3, -0.25) is 9.69 Å². The fourth-order valence-corrected chi connectivity index (χ4v) is 4.32. The summed E-state index contributed by atoms with van der Waals surface area (Å²) in [5, 5.41) is 3.08. The number of anilines is 1. The van der Waals surface area contributed by atoms with Crippen molar-refractivity contribution in [3.05, 3.63) is 76.9 Å². The van der Waals surface area contributed by atoms with Crippen LogP contribution in [-0.4, -0.2) is 45.8 Å². The zero-order chi connectivity index (χ0) is 24.1. The van der Waals surface area contributed by atoms with Crippen LogP contribution in [0, 0.1) is 0 Å². The Bertz CT molecular complexity index is 1140. The van der Waals surface area contributed by atoms with E-state index in [1.165, 1.54) is 38.0 Å². The second-order valence-corrected chi connectivity index (χ2v) is 8.12. The molecule has 1 amide bonds. The Morgan fingerprint density at radius 2 is 1.60 bits per heavy atom. The molecule has 186 valence electrons. The largest absolute Gasteiger partial charge is 0.497 e. The molecule has 0 aliphatic carbocycles. The van der Waals surface area contributed by atoms with Crippen molar-refractivity contribution in [1.82, 2.24) is 4.90 Å². The van der Waals surface area contributed by atoms with Gasteiger partial charge < -0.3 is 24.3 Å². The quantitative estimate of drug-likeness (QED) is 0.473. The lowest BCUT2D eigenvalue weighted by Crippen LogP contribution is -2.30. The van der Waals surface area contributed by atoms with Crippen LogP contribution in [0.5, 0.6) is 23.0 Å². The maximum atomic E-state index is 13.1. The topological polar surface area (TPSA) is 69.3 Å². The zero-order valence-electron chi connectivity index (χ0n) is 20.4. The monoisotopic (exact) mass is 498 g/mol. The zero-order valence-corrected chi connectivity index (χ0v) is 21.2. The van der Waals surface area contributed by atoms with E-state index in [9.17, 15) is 4.79 Å². The molecule has 1 N–H and O–H groups in total. The standard InChI is InChI=1S/C27H30N2O5.ClH/c1-31-21-10-8-18(9-11-21)16-29-13-12-22-19(17-29)6-5-7-23(22)28-27(30)20-14-24(32-2)26(34-4)25(15-20)33-3;/h5-11,14-15H,12-13,16-17H2,1-4H3,(H,28,30);1H. The van der Waals surface area contributed by atoms with Crippen molar-refractivity contribution in [1.29, 1.82) is 0 Å². The molecule has 0 atom stereocenters. The summed E-state index contributed by atoms with van der Waals surface area (Å²) >= 11 is 0. The van der Waals surface area contributed by atoms with Gasteiger partial charge in [-0.15, -0.1) is 12.4 Å². The van der Waals surface area contributed by atoms with Crippen LogP contribution in [-0.2, 0) is 19.5 Å². The average molecular weight is 499 g/mol. The molecule has 3 aromatic carbocycles. The molecule has 1 heterocycles. The normalized spacial score (nSPS) is 12.7. The fraction of sp³-hybridized carbons (Fsp3) is 0.296. The summed E-state index contributed by atoms with van der Waals surface area (Å²) in [5.41, 5.74) is 4.91. The van der Waals surface area contributed by atoms with Crippen molar-refractivity contribution in [3.8, 4) is 23.0 Å². The van der Waals surface area contributed by atoms with Gasteiger partial charge in [-0.1, -0.05) is 24.3 Å². The lowest BCUT2D eigenvalue weighted by atomic mass is 9.97. The number of halogens is 1. The van der Waals surface area contributed by atoms with Gasteiger partial charge in [0.05, 0.1) is 28.4 Å². The smallest absolute Gasteiger partial charge is 0.255 e. The first-order chi connectivity index (χ1) is 16.6. The van der Waals surface area contributed by atoms with E-state index in [2.05, 4.69) is 28.4 Å². The lowest BCUT2D eigenvalue weighted by Gasteiger charge is -2.30. The summed E-state index contributed by atoms with van der Waals surface area (Å²) in [4.78, 5) is 15.5. The number of benzene rings is 3. The molecule has 3 aromatic rings. The van der Waals surface area contributed by atoms with Crippen molar-refractivity contribution >= 4 is 24.0 Å². The van der Waals surface area contributed by atoms with Crippen molar-refractivity contribution in [2.75, 3.05) is 40.3 Å². The van der Waals surface area contributed by atoms with Crippen molar-refractivity contribution in [3.63, 3.8) is 0 Å². The van der Waals surface area contributed by atoms with Crippen LogP contribution in [0.25, 0.3) is 0 Å². The highest BCUT2D eigenvalue weighted by molar-refractivity contribution is 6.05. The number of fused-ring (bicyclic) bond motifs is 1. The Morgan fingerprint density at radius 1 is 0.914 bits per heavy atom. The lowest BCUT2D eigenvalue weighted by molar-refractivity contribution is 0.102. The number of methoxy groups -OCH3 is 4. The Balaban J connectivity index is 0.00000342. The van der Waals surface area contributed by atoms with E-state index in [4.69, 9.17) is 18.9 Å². The summed E-state index contributed by atoms with van der Waals surface area (Å²) in [5.74, 6) is 1.97. The molecule has 4 rings (SSSR count). The van der Waals surface area contributed by atoms with Crippen LogP contribution >= 0.6 is 12.4 Å². The number of hydrogen-bond acceptors (Lipinski definition) is 6. The first kappa shape index (κ1) is 26.2. The van der Waals surface area contributed by atoms with Crippen LogP contribution in [0.3, 0.4) is 0 Å². The summed E-state index contributed by atoms with van der Waals surface area (Å²) < 4.78 is 21.4. The van der Waals surface area contributed by atoms with E-state index in [1.807, 2.05) is 24.3 Å². The first-order valence-corrected chi connectivity index (χ1v) is 11.1. The number of carbonyl (C=O) groups is 1. The Hall–Kier alpha value is -3.42. The Morgan fingerprint density at radius 3 is 2.20 bits per heavy atom. The maximum absolute atomic E-state index is 13.1. The molecule has 0 radical (unpaired) electrons. The molecule has 1 aliphatic heterocycles. The minimum Gasteiger partial charge on any atom is -0.497 e. The van der Waals surface area contributed by atoms with Crippen molar-refractivity contribution < 1.29 is 23.7 Å². The van der Waals surface area contributed by atoms with Crippen molar-refractivity contribution in [2.45, 2.75) is 19.5 Å². The third-order valence-corrected chi connectivity index (χ3v) is 6.09. The number of amides is 1. The van der Waals surface area contributed by atoms with Gasteiger partial charge in [-0.05, 0) is 53.4 Å². The highest BCUT2D eigenvalue weighted by atomic mass is 35.5. The van der Waals surface area contributed by atoms with E-state index < -0.39 is 0 Å². The molecule has 7 nitrogen and oxygen atoms in total. The number of rotatable bonds is 8. The van der Waals surface area contributed by atoms with Crippen LogP contribution in [0.4, 0.5) is 5.69 Å².